The summed E-state index contributed by atoms with van der Waals surface area (Å²) >= 11 is 0. The third-order valence-corrected chi connectivity index (χ3v) is 3.22. The maximum atomic E-state index is 12.8. The van der Waals surface area contributed by atoms with E-state index in [2.05, 4.69) is 19.2 Å². The highest BCUT2D eigenvalue weighted by molar-refractivity contribution is 5.35. The molecule has 1 rings (SSSR count). The summed E-state index contributed by atoms with van der Waals surface area (Å²) in [5, 5.41) is 3.38. The van der Waals surface area contributed by atoms with Gasteiger partial charge in [0.2, 0.25) is 0 Å². The van der Waals surface area contributed by atoms with Gasteiger partial charge in [-0.3, -0.25) is 0 Å². The summed E-state index contributed by atoms with van der Waals surface area (Å²) < 4.78 is 43.6. The number of rotatable bonds is 9. The molecule has 5 heteroatoms. The van der Waals surface area contributed by atoms with Gasteiger partial charge in [0.1, 0.15) is 5.75 Å². The van der Waals surface area contributed by atoms with Crippen LogP contribution < -0.4 is 10.1 Å². The van der Waals surface area contributed by atoms with Crippen LogP contribution >= 0.6 is 0 Å². The quantitative estimate of drug-likeness (QED) is 0.671. The molecule has 0 spiro atoms. The van der Waals surface area contributed by atoms with E-state index in [1.807, 2.05) is 0 Å². The summed E-state index contributed by atoms with van der Waals surface area (Å²) in [7, 11) is 0. The van der Waals surface area contributed by atoms with E-state index in [0.717, 1.165) is 38.3 Å². The lowest BCUT2D eigenvalue weighted by molar-refractivity contribution is -0.138. The monoisotopic (exact) mass is 303 g/mol. The predicted molar refractivity (Wildman–Crippen MR) is 78.5 cm³/mol. The SMILES string of the molecule is CCCNC(C)CCCCOc1ccccc1C(F)(F)F. The summed E-state index contributed by atoms with van der Waals surface area (Å²) in [5.74, 6) is -0.0813. The smallest absolute Gasteiger partial charge is 0.419 e. The first-order chi connectivity index (χ1) is 9.95. The first-order valence-corrected chi connectivity index (χ1v) is 7.47. The lowest BCUT2D eigenvalue weighted by Crippen LogP contribution is -2.26. The Labute approximate surface area is 124 Å². The van der Waals surface area contributed by atoms with Crippen molar-refractivity contribution in [2.45, 2.75) is 51.7 Å². The number of unbranched alkanes of at least 4 members (excludes halogenated alkanes) is 1. The molecule has 1 atom stereocenters. The van der Waals surface area contributed by atoms with Crippen molar-refractivity contribution in [1.29, 1.82) is 0 Å². The molecule has 0 aliphatic carbocycles. The molecule has 0 heterocycles. The third-order valence-electron chi connectivity index (χ3n) is 3.22. The van der Waals surface area contributed by atoms with Crippen molar-refractivity contribution in [3.63, 3.8) is 0 Å². The highest BCUT2D eigenvalue weighted by atomic mass is 19.4. The average Bonchev–Trinajstić information content (AvgIpc) is 2.44. The fraction of sp³-hybridized carbons (Fsp3) is 0.625. The van der Waals surface area contributed by atoms with Gasteiger partial charge in [-0.2, -0.15) is 13.2 Å². The first kappa shape index (κ1) is 17.8. The molecule has 1 unspecified atom stereocenters. The van der Waals surface area contributed by atoms with Gasteiger partial charge in [-0.25, -0.2) is 0 Å². The Morgan fingerprint density at radius 2 is 1.90 bits per heavy atom. The molecule has 120 valence electrons. The van der Waals surface area contributed by atoms with Crippen molar-refractivity contribution in [2.75, 3.05) is 13.2 Å². The van der Waals surface area contributed by atoms with Gasteiger partial charge in [0, 0.05) is 6.04 Å². The number of benzene rings is 1. The van der Waals surface area contributed by atoms with Gasteiger partial charge in [-0.05, 0) is 51.3 Å². The van der Waals surface area contributed by atoms with Gasteiger partial charge in [0.05, 0.1) is 12.2 Å². The van der Waals surface area contributed by atoms with Crippen LogP contribution in [0.4, 0.5) is 13.2 Å². The molecule has 0 aromatic heterocycles. The third kappa shape index (κ3) is 6.85. The van der Waals surface area contributed by atoms with Crippen molar-refractivity contribution >= 4 is 0 Å². The van der Waals surface area contributed by atoms with E-state index in [1.54, 1.807) is 6.07 Å². The molecule has 0 amide bonds. The molecular formula is C16H24F3NO. The van der Waals surface area contributed by atoms with Gasteiger partial charge in [0.25, 0.3) is 0 Å². The van der Waals surface area contributed by atoms with Gasteiger partial charge in [-0.1, -0.05) is 19.1 Å². The number of halogens is 3. The van der Waals surface area contributed by atoms with Crippen LogP contribution in [0.15, 0.2) is 24.3 Å². The molecule has 1 aromatic carbocycles. The molecule has 1 N–H and O–H groups in total. The minimum absolute atomic E-state index is 0.0813. The van der Waals surface area contributed by atoms with Crippen LogP contribution in [-0.4, -0.2) is 19.2 Å². The Hall–Kier alpha value is -1.23. The fourth-order valence-corrected chi connectivity index (χ4v) is 2.05. The Morgan fingerprint density at radius 1 is 1.19 bits per heavy atom. The van der Waals surface area contributed by atoms with Gasteiger partial charge in [-0.15, -0.1) is 0 Å². The number of ether oxygens (including phenoxy) is 1. The van der Waals surface area contributed by atoms with Crippen LogP contribution in [0.2, 0.25) is 0 Å². The molecule has 0 bridgehead atoms. The summed E-state index contributed by atoms with van der Waals surface area (Å²) in [6.45, 7) is 5.55. The fourth-order valence-electron chi connectivity index (χ4n) is 2.05. The molecule has 0 radical (unpaired) electrons. The molecule has 0 saturated heterocycles. The largest absolute Gasteiger partial charge is 0.493 e. The maximum Gasteiger partial charge on any atom is 0.419 e. The van der Waals surface area contributed by atoms with E-state index >= 15 is 0 Å². The normalized spacial score (nSPS) is 13.2. The second-order valence-corrected chi connectivity index (χ2v) is 5.19. The molecule has 2 nitrogen and oxygen atoms in total. The maximum absolute atomic E-state index is 12.8. The molecular weight excluding hydrogens is 279 g/mol. The van der Waals surface area contributed by atoms with Crippen LogP contribution in [0.1, 0.15) is 45.1 Å². The zero-order chi connectivity index (χ0) is 15.7. The second-order valence-electron chi connectivity index (χ2n) is 5.19. The lowest BCUT2D eigenvalue weighted by Gasteiger charge is -2.15. The van der Waals surface area contributed by atoms with E-state index in [1.165, 1.54) is 12.1 Å². The van der Waals surface area contributed by atoms with Crippen molar-refractivity contribution in [3.05, 3.63) is 29.8 Å². The Morgan fingerprint density at radius 3 is 2.57 bits per heavy atom. The minimum atomic E-state index is -4.37. The average molecular weight is 303 g/mol. The number of hydrogen-bond donors (Lipinski definition) is 1. The summed E-state index contributed by atoms with van der Waals surface area (Å²) in [6, 6.07) is 5.78. The van der Waals surface area contributed by atoms with E-state index in [-0.39, 0.29) is 5.75 Å². The van der Waals surface area contributed by atoms with Crippen LogP contribution in [0.5, 0.6) is 5.75 Å². The second kappa shape index (κ2) is 8.93. The summed E-state index contributed by atoms with van der Waals surface area (Å²) in [6.07, 6.45) is -0.572. The van der Waals surface area contributed by atoms with Crippen molar-refractivity contribution < 1.29 is 17.9 Å². The zero-order valence-corrected chi connectivity index (χ0v) is 12.7. The van der Waals surface area contributed by atoms with Crippen LogP contribution in [-0.2, 0) is 6.18 Å². The highest BCUT2D eigenvalue weighted by Gasteiger charge is 2.33. The number of hydrogen-bond acceptors (Lipinski definition) is 2. The molecule has 0 aliphatic rings. The Kier molecular flexibility index (Phi) is 7.57. The van der Waals surface area contributed by atoms with E-state index in [0.29, 0.717) is 12.6 Å². The number of para-hydroxylation sites is 1. The molecule has 0 aliphatic heterocycles. The van der Waals surface area contributed by atoms with E-state index in [9.17, 15) is 13.2 Å². The molecule has 21 heavy (non-hydrogen) atoms. The van der Waals surface area contributed by atoms with Crippen LogP contribution in [0.3, 0.4) is 0 Å². The molecule has 1 aromatic rings. The molecule has 0 fully saturated rings. The van der Waals surface area contributed by atoms with Crippen LogP contribution in [0.25, 0.3) is 0 Å². The minimum Gasteiger partial charge on any atom is -0.493 e. The number of alkyl halides is 3. The van der Waals surface area contributed by atoms with E-state index in [4.69, 9.17) is 4.74 Å². The summed E-state index contributed by atoms with van der Waals surface area (Å²) in [5.41, 5.74) is -0.706. The van der Waals surface area contributed by atoms with Gasteiger partial charge >= 0.3 is 6.18 Å². The van der Waals surface area contributed by atoms with Gasteiger partial charge in [0.15, 0.2) is 0 Å². The van der Waals surface area contributed by atoms with Gasteiger partial charge < -0.3 is 10.1 Å². The lowest BCUT2D eigenvalue weighted by atomic mass is 10.1. The van der Waals surface area contributed by atoms with Crippen molar-refractivity contribution in [3.8, 4) is 5.75 Å². The summed E-state index contributed by atoms with van der Waals surface area (Å²) in [4.78, 5) is 0. The Bertz CT molecular complexity index is 407. The number of nitrogens with one attached hydrogen (secondary N) is 1. The predicted octanol–water partition coefficient (Wildman–Crippen LogP) is 4.64. The standard InChI is InChI=1S/C16H24F3NO/c1-3-11-20-13(2)8-6-7-12-21-15-10-5-4-9-14(15)16(17,18)19/h4-5,9-10,13,20H,3,6-8,11-12H2,1-2H3. The van der Waals surface area contributed by atoms with Crippen molar-refractivity contribution in [1.82, 2.24) is 5.32 Å². The van der Waals surface area contributed by atoms with Crippen molar-refractivity contribution in [2.24, 2.45) is 0 Å². The first-order valence-electron chi connectivity index (χ1n) is 7.47. The van der Waals surface area contributed by atoms with Crippen LogP contribution in [0, 0.1) is 0 Å². The zero-order valence-electron chi connectivity index (χ0n) is 12.7. The Balaban J connectivity index is 2.30. The van der Waals surface area contributed by atoms with E-state index < -0.39 is 11.7 Å². The molecule has 0 saturated carbocycles. The highest BCUT2D eigenvalue weighted by Crippen LogP contribution is 2.35. The topological polar surface area (TPSA) is 21.3 Å².